The summed E-state index contributed by atoms with van der Waals surface area (Å²) < 4.78 is 33.4. The zero-order chi connectivity index (χ0) is 16.9. The molecule has 0 amide bonds. The average molecular weight is 398 g/mol. The molecule has 4 nitrogen and oxygen atoms in total. The van der Waals surface area contributed by atoms with E-state index in [0.717, 1.165) is 15.6 Å². The molecule has 23 heavy (non-hydrogen) atoms. The van der Waals surface area contributed by atoms with Crippen LogP contribution in [0.25, 0.3) is 0 Å². The van der Waals surface area contributed by atoms with E-state index < -0.39 is 10.0 Å². The number of nitrogens with zero attached hydrogens (tertiary/aromatic N) is 1. The standard InChI is InChI=1S/C17H20BrNO3S/c1-14-8-9-16(18)12-17(14)23(20,21)19(10-11-22-2)13-15-6-4-3-5-7-15/h3-9,12H,10-11,13H2,1-2H3. The molecule has 0 bridgehead atoms. The molecular formula is C17H20BrNO3S. The van der Waals surface area contributed by atoms with E-state index in [-0.39, 0.29) is 0 Å². The molecule has 124 valence electrons. The lowest BCUT2D eigenvalue weighted by molar-refractivity contribution is 0.177. The minimum atomic E-state index is -3.60. The summed E-state index contributed by atoms with van der Waals surface area (Å²) in [5.41, 5.74) is 1.67. The third kappa shape index (κ3) is 4.64. The van der Waals surface area contributed by atoms with Crippen molar-refractivity contribution in [2.75, 3.05) is 20.3 Å². The van der Waals surface area contributed by atoms with Crippen molar-refractivity contribution in [3.8, 4) is 0 Å². The topological polar surface area (TPSA) is 46.6 Å². The molecule has 0 N–H and O–H groups in total. The molecule has 0 heterocycles. The summed E-state index contributed by atoms with van der Waals surface area (Å²) >= 11 is 3.35. The summed E-state index contributed by atoms with van der Waals surface area (Å²) in [4.78, 5) is 0.318. The molecule has 0 aliphatic rings. The largest absolute Gasteiger partial charge is 0.383 e. The van der Waals surface area contributed by atoms with Gasteiger partial charge in [0.25, 0.3) is 0 Å². The lowest BCUT2D eigenvalue weighted by atomic mass is 10.2. The second kappa shape index (κ2) is 8.06. The van der Waals surface area contributed by atoms with E-state index in [0.29, 0.717) is 24.6 Å². The summed E-state index contributed by atoms with van der Waals surface area (Å²) in [5, 5.41) is 0. The van der Waals surface area contributed by atoms with Crippen molar-refractivity contribution < 1.29 is 13.2 Å². The van der Waals surface area contributed by atoms with Crippen LogP contribution < -0.4 is 0 Å². The highest BCUT2D eigenvalue weighted by atomic mass is 79.9. The summed E-state index contributed by atoms with van der Waals surface area (Å²) in [7, 11) is -2.03. The Morgan fingerprint density at radius 1 is 1.13 bits per heavy atom. The maximum atomic E-state index is 13.1. The quantitative estimate of drug-likeness (QED) is 0.716. The Bertz CT molecular complexity index is 748. The van der Waals surface area contributed by atoms with E-state index in [1.54, 1.807) is 26.2 Å². The van der Waals surface area contributed by atoms with E-state index in [4.69, 9.17) is 4.74 Å². The molecule has 0 radical (unpaired) electrons. The molecule has 2 aromatic rings. The number of hydrogen-bond donors (Lipinski definition) is 0. The number of rotatable bonds is 7. The fourth-order valence-corrected chi connectivity index (χ4v) is 4.43. The smallest absolute Gasteiger partial charge is 0.243 e. The molecule has 0 aliphatic carbocycles. The first kappa shape index (κ1) is 18.1. The van der Waals surface area contributed by atoms with Crippen LogP contribution in [0.1, 0.15) is 11.1 Å². The molecule has 0 spiro atoms. The Morgan fingerprint density at radius 3 is 2.48 bits per heavy atom. The van der Waals surface area contributed by atoms with Gasteiger partial charge in [0.15, 0.2) is 0 Å². The highest BCUT2D eigenvalue weighted by Crippen LogP contribution is 2.25. The Hall–Kier alpha value is -1.21. The maximum absolute atomic E-state index is 13.1. The number of sulfonamides is 1. The predicted molar refractivity (Wildman–Crippen MR) is 94.8 cm³/mol. The van der Waals surface area contributed by atoms with E-state index >= 15 is 0 Å². The van der Waals surface area contributed by atoms with Gasteiger partial charge in [0, 0.05) is 24.7 Å². The minimum absolute atomic E-state index is 0.305. The monoisotopic (exact) mass is 397 g/mol. The zero-order valence-corrected chi connectivity index (χ0v) is 15.6. The summed E-state index contributed by atoms with van der Waals surface area (Å²) in [6, 6.07) is 14.8. The molecule has 6 heteroatoms. The summed E-state index contributed by atoms with van der Waals surface area (Å²) in [6.07, 6.45) is 0. The van der Waals surface area contributed by atoms with Gasteiger partial charge in [-0.2, -0.15) is 4.31 Å². The first-order valence-corrected chi connectivity index (χ1v) is 9.47. The number of methoxy groups -OCH3 is 1. The van der Waals surface area contributed by atoms with Crippen molar-refractivity contribution in [1.82, 2.24) is 4.31 Å². The first-order valence-electron chi connectivity index (χ1n) is 7.24. The van der Waals surface area contributed by atoms with Crippen LogP contribution in [0.15, 0.2) is 57.9 Å². The Balaban J connectivity index is 2.38. The van der Waals surface area contributed by atoms with Crippen LogP contribution in [-0.4, -0.2) is 33.0 Å². The molecule has 0 saturated heterocycles. The highest BCUT2D eigenvalue weighted by Gasteiger charge is 2.26. The fourth-order valence-electron chi connectivity index (χ4n) is 2.26. The Morgan fingerprint density at radius 2 is 1.83 bits per heavy atom. The fraction of sp³-hybridized carbons (Fsp3) is 0.294. The normalized spacial score (nSPS) is 11.8. The summed E-state index contributed by atoms with van der Waals surface area (Å²) in [6.45, 7) is 2.77. The van der Waals surface area contributed by atoms with Crippen molar-refractivity contribution in [1.29, 1.82) is 0 Å². The van der Waals surface area contributed by atoms with Crippen molar-refractivity contribution in [2.24, 2.45) is 0 Å². The van der Waals surface area contributed by atoms with Gasteiger partial charge in [0.1, 0.15) is 0 Å². The predicted octanol–water partition coefficient (Wildman–Crippen LogP) is 3.59. The zero-order valence-electron chi connectivity index (χ0n) is 13.2. The Kier molecular flexibility index (Phi) is 6.35. The molecule has 0 atom stereocenters. The van der Waals surface area contributed by atoms with Gasteiger partial charge in [-0.1, -0.05) is 52.3 Å². The van der Waals surface area contributed by atoms with Gasteiger partial charge in [-0.25, -0.2) is 8.42 Å². The van der Waals surface area contributed by atoms with Gasteiger partial charge in [0.2, 0.25) is 10.0 Å². The van der Waals surface area contributed by atoms with Gasteiger partial charge >= 0.3 is 0 Å². The molecule has 2 aromatic carbocycles. The number of benzene rings is 2. The molecule has 0 fully saturated rings. The molecule has 2 rings (SSSR count). The van der Waals surface area contributed by atoms with Crippen molar-refractivity contribution in [2.45, 2.75) is 18.4 Å². The molecule has 0 aliphatic heterocycles. The van der Waals surface area contributed by atoms with Gasteiger partial charge in [-0.15, -0.1) is 0 Å². The van der Waals surface area contributed by atoms with Crippen LogP contribution in [0.4, 0.5) is 0 Å². The van der Waals surface area contributed by atoms with Crippen LogP contribution in [0.2, 0.25) is 0 Å². The van der Waals surface area contributed by atoms with E-state index in [1.807, 2.05) is 36.4 Å². The average Bonchev–Trinajstić information content (AvgIpc) is 2.54. The lowest BCUT2D eigenvalue weighted by Gasteiger charge is -2.23. The second-order valence-corrected chi connectivity index (χ2v) is 8.05. The van der Waals surface area contributed by atoms with E-state index in [2.05, 4.69) is 15.9 Å². The second-order valence-electron chi connectivity index (χ2n) is 5.23. The van der Waals surface area contributed by atoms with Crippen molar-refractivity contribution in [3.05, 3.63) is 64.1 Å². The number of hydrogen-bond acceptors (Lipinski definition) is 3. The number of ether oxygens (including phenoxy) is 1. The van der Waals surface area contributed by atoms with Crippen LogP contribution in [0, 0.1) is 6.92 Å². The van der Waals surface area contributed by atoms with Crippen LogP contribution in [0.3, 0.4) is 0 Å². The maximum Gasteiger partial charge on any atom is 0.243 e. The van der Waals surface area contributed by atoms with Gasteiger partial charge in [0.05, 0.1) is 11.5 Å². The number of halogens is 1. The molecule has 0 saturated carbocycles. The van der Waals surface area contributed by atoms with Crippen molar-refractivity contribution >= 4 is 26.0 Å². The van der Waals surface area contributed by atoms with E-state index in [1.165, 1.54) is 4.31 Å². The number of aryl methyl sites for hydroxylation is 1. The van der Waals surface area contributed by atoms with Crippen LogP contribution >= 0.6 is 15.9 Å². The summed E-state index contributed by atoms with van der Waals surface area (Å²) in [5.74, 6) is 0. The van der Waals surface area contributed by atoms with Crippen LogP contribution in [0.5, 0.6) is 0 Å². The minimum Gasteiger partial charge on any atom is -0.383 e. The highest BCUT2D eigenvalue weighted by molar-refractivity contribution is 9.10. The lowest BCUT2D eigenvalue weighted by Crippen LogP contribution is -2.34. The Labute approximate surface area is 146 Å². The van der Waals surface area contributed by atoms with Gasteiger partial charge in [-0.3, -0.25) is 0 Å². The molecular weight excluding hydrogens is 378 g/mol. The van der Waals surface area contributed by atoms with Gasteiger partial charge < -0.3 is 4.74 Å². The van der Waals surface area contributed by atoms with Crippen molar-refractivity contribution in [3.63, 3.8) is 0 Å². The third-order valence-corrected chi connectivity index (χ3v) is 5.99. The molecule has 0 aromatic heterocycles. The first-order chi connectivity index (χ1) is 10.9. The van der Waals surface area contributed by atoms with Crippen LogP contribution in [-0.2, 0) is 21.3 Å². The SMILES string of the molecule is COCCN(Cc1ccccc1)S(=O)(=O)c1cc(Br)ccc1C. The third-order valence-electron chi connectivity index (χ3n) is 3.51. The van der Waals surface area contributed by atoms with Gasteiger partial charge in [-0.05, 0) is 30.2 Å². The van der Waals surface area contributed by atoms with E-state index in [9.17, 15) is 8.42 Å². The molecule has 0 unspecified atom stereocenters.